The number of nitrogens with zero attached hydrogens (tertiary/aromatic N) is 1. The maximum absolute atomic E-state index is 13.1. The molecular formula is C16H18FNO2. The van der Waals surface area contributed by atoms with Crippen LogP contribution in [0.1, 0.15) is 37.7 Å². The van der Waals surface area contributed by atoms with Gasteiger partial charge in [0.15, 0.2) is 0 Å². The van der Waals surface area contributed by atoms with E-state index < -0.39 is 5.41 Å². The molecule has 0 bridgehead atoms. The molecule has 1 saturated heterocycles. The summed E-state index contributed by atoms with van der Waals surface area (Å²) in [5, 5.41) is 0. The number of hydrogen-bond donors (Lipinski definition) is 0. The van der Waals surface area contributed by atoms with Crippen molar-refractivity contribution >= 4 is 11.8 Å². The normalized spacial score (nSPS) is 30.3. The second-order valence-corrected chi connectivity index (χ2v) is 5.93. The van der Waals surface area contributed by atoms with Gasteiger partial charge in [-0.15, -0.1) is 0 Å². The summed E-state index contributed by atoms with van der Waals surface area (Å²) < 4.78 is 13.1. The third-order valence-corrected chi connectivity index (χ3v) is 4.92. The predicted octanol–water partition coefficient (Wildman–Crippen LogP) is 2.64. The number of carbonyl (C=O) groups excluding carboxylic acids is 2. The van der Waals surface area contributed by atoms with E-state index in [1.165, 1.54) is 17.0 Å². The molecule has 1 saturated carbocycles. The maximum atomic E-state index is 13.1. The van der Waals surface area contributed by atoms with Crippen LogP contribution in [0.3, 0.4) is 0 Å². The van der Waals surface area contributed by atoms with Gasteiger partial charge in [0.25, 0.3) is 0 Å². The van der Waals surface area contributed by atoms with E-state index in [2.05, 4.69) is 0 Å². The molecule has 1 aliphatic heterocycles. The van der Waals surface area contributed by atoms with Crippen LogP contribution in [0.2, 0.25) is 0 Å². The first-order valence-corrected chi connectivity index (χ1v) is 7.11. The summed E-state index contributed by atoms with van der Waals surface area (Å²) in [7, 11) is 1.56. The predicted molar refractivity (Wildman–Crippen MR) is 72.4 cm³/mol. The molecule has 0 unspecified atom stereocenters. The fraction of sp³-hybridized carbons (Fsp3) is 0.500. The standard InChI is InChI=1S/C16H18FNO2/c1-18-14(19)10-16(11-5-7-12(17)8-6-11)9-3-2-4-13(16)15(18)20/h5-8,13H,2-4,9-10H2,1H3/t13-,16-/m0/s1. The molecule has 1 aromatic carbocycles. The van der Waals surface area contributed by atoms with Gasteiger partial charge in [0.05, 0.1) is 0 Å². The van der Waals surface area contributed by atoms with Crippen molar-refractivity contribution in [3.8, 4) is 0 Å². The molecule has 2 atom stereocenters. The number of hydrogen-bond acceptors (Lipinski definition) is 2. The van der Waals surface area contributed by atoms with E-state index in [-0.39, 0.29) is 23.5 Å². The van der Waals surface area contributed by atoms with Crippen molar-refractivity contribution in [1.82, 2.24) is 4.90 Å². The first-order chi connectivity index (χ1) is 9.54. The Kier molecular flexibility index (Phi) is 3.11. The number of piperidine rings is 1. The lowest BCUT2D eigenvalue weighted by Gasteiger charge is -2.48. The Bertz CT molecular complexity index is 554. The lowest BCUT2D eigenvalue weighted by Crippen LogP contribution is -2.56. The molecule has 3 nitrogen and oxygen atoms in total. The molecule has 2 fully saturated rings. The summed E-state index contributed by atoms with van der Waals surface area (Å²) in [6, 6.07) is 6.31. The highest BCUT2D eigenvalue weighted by Crippen LogP contribution is 2.49. The smallest absolute Gasteiger partial charge is 0.232 e. The van der Waals surface area contributed by atoms with Gasteiger partial charge in [-0.3, -0.25) is 14.5 Å². The first-order valence-electron chi connectivity index (χ1n) is 7.11. The Morgan fingerprint density at radius 2 is 1.90 bits per heavy atom. The third kappa shape index (κ3) is 1.86. The highest BCUT2D eigenvalue weighted by Gasteiger charge is 2.52. The lowest BCUT2D eigenvalue weighted by molar-refractivity contribution is -0.155. The van der Waals surface area contributed by atoms with Gasteiger partial charge in [0.1, 0.15) is 5.82 Å². The largest absolute Gasteiger partial charge is 0.285 e. The van der Waals surface area contributed by atoms with E-state index in [0.29, 0.717) is 6.42 Å². The number of rotatable bonds is 1. The zero-order chi connectivity index (χ0) is 14.3. The highest BCUT2D eigenvalue weighted by atomic mass is 19.1. The summed E-state index contributed by atoms with van der Waals surface area (Å²) in [5.41, 5.74) is 0.505. The lowest BCUT2D eigenvalue weighted by atomic mass is 9.58. The third-order valence-electron chi connectivity index (χ3n) is 4.92. The minimum atomic E-state index is -0.424. The molecule has 1 heterocycles. The monoisotopic (exact) mass is 275 g/mol. The second kappa shape index (κ2) is 4.69. The zero-order valence-corrected chi connectivity index (χ0v) is 11.6. The van der Waals surface area contributed by atoms with E-state index in [1.54, 1.807) is 19.2 Å². The van der Waals surface area contributed by atoms with Crippen LogP contribution in [0.15, 0.2) is 24.3 Å². The van der Waals surface area contributed by atoms with Crippen molar-refractivity contribution in [2.75, 3.05) is 7.05 Å². The molecule has 1 aliphatic carbocycles. The Morgan fingerprint density at radius 3 is 2.60 bits per heavy atom. The number of benzene rings is 1. The molecule has 0 aromatic heterocycles. The summed E-state index contributed by atoms with van der Waals surface area (Å²) in [6.45, 7) is 0. The van der Waals surface area contributed by atoms with E-state index >= 15 is 0 Å². The molecule has 4 heteroatoms. The minimum Gasteiger partial charge on any atom is -0.285 e. The Morgan fingerprint density at radius 1 is 1.20 bits per heavy atom. The molecule has 0 spiro atoms. The van der Waals surface area contributed by atoms with Crippen molar-refractivity contribution in [1.29, 1.82) is 0 Å². The Hall–Kier alpha value is -1.71. The van der Waals surface area contributed by atoms with Crippen molar-refractivity contribution in [3.63, 3.8) is 0 Å². The average Bonchev–Trinajstić information content (AvgIpc) is 2.45. The van der Waals surface area contributed by atoms with Gasteiger partial charge in [-0.25, -0.2) is 4.39 Å². The highest BCUT2D eigenvalue weighted by molar-refractivity contribution is 6.00. The second-order valence-electron chi connectivity index (χ2n) is 5.93. The number of halogens is 1. The quantitative estimate of drug-likeness (QED) is 0.739. The SMILES string of the molecule is CN1C(=O)C[C@]2(c3ccc(F)cc3)CCCC[C@H]2C1=O. The van der Waals surface area contributed by atoms with Gasteiger partial charge >= 0.3 is 0 Å². The van der Waals surface area contributed by atoms with Gasteiger partial charge < -0.3 is 0 Å². The number of fused-ring (bicyclic) bond motifs is 1. The van der Waals surface area contributed by atoms with Crippen LogP contribution in [-0.4, -0.2) is 23.8 Å². The van der Waals surface area contributed by atoms with Crippen molar-refractivity contribution < 1.29 is 14.0 Å². The van der Waals surface area contributed by atoms with Crippen LogP contribution in [-0.2, 0) is 15.0 Å². The van der Waals surface area contributed by atoms with Crippen LogP contribution in [0, 0.1) is 11.7 Å². The number of carbonyl (C=O) groups is 2. The van der Waals surface area contributed by atoms with Gasteiger partial charge in [-0.05, 0) is 30.5 Å². The van der Waals surface area contributed by atoms with Crippen molar-refractivity contribution in [2.24, 2.45) is 5.92 Å². The van der Waals surface area contributed by atoms with E-state index in [0.717, 1.165) is 31.2 Å². The van der Waals surface area contributed by atoms with Crippen LogP contribution in [0.4, 0.5) is 4.39 Å². The van der Waals surface area contributed by atoms with Crippen molar-refractivity contribution in [2.45, 2.75) is 37.5 Å². The van der Waals surface area contributed by atoms with Gasteiger partial charge in [0.2, 0.25) is 11.8 Å². The van der Waals surface area contributed by atoms with E-state index in [4.69, 9.17) is 0 Å². The van der Waals surface area contributed by atoms with E-state index in [1.807, 2.05) is 0 Å². The summed E-state index contributed by atoms with van der Waals surface area (Å²) in [5.74, 6) is -0.643. The molecule has 2 amide bonds. The summed E-state index contributed by atoms with van der Waals surface area (Å²) in [4.78, 5) is 25.8. The van der Waals surface area contributed by atoms with Gasteiger partial charge in [-0.2, -0.15) is 0 Å². The maximum Gasteiger partial charge on any atom is 0.232 e. The molecule has 106 valence electrons. The fourth-order valence-corrected chi connectivity index (χ4v) is 3.79. The van der Waals surface area contributed by atoms with Crippen LogP contribution in [0.5, 0.6) is 0 Å². The zero-order valence-electron chi connectivity index (χ0n) is 11.6. The topological polar surface area (TPSA) is 37.4 Å². The molecule has 2 aliphatic rings. The van der Waals surface area contributed by atoms with Crippen molar-refractivity contribution in [3.05, 3.63) is 35.6 Å². The minimum absolute atomic E-state index is 0.0784. The Labute approximate surface area is 117 Å². The molecule has 0 N–H and O–H groups in total. The van der Waals surface area contributed by atoms with E-state index in [9.17, 15) is 14.0 Å². The summed E-state index contributed by atoms with van der Waals surface area (Å²) >= 11 is 0. The van der Waals surface area contributed by atoms with Crippen LogP contribution < -0.4 is 0 Å². The molecule has 0 radical (unpaired) electrons. The molecule has 20 heavy (non-hydrogen) atoms. The summed E-state index contributed by atoms with van der Waals surface area (Å²) in [6.07, 6.45) is 4.02. The van der Waals surface area contributed by atoms with Gasteiger partial charge in [0, 0.05) is 24.8 Å². The fourth-order valence-electron chi connectivity index (χ4n) is 3.79. The molecular weight excluding hydrogens is 257 g/mol. The first kappa shape index (κ1) is 13.3. The number of likely N-dealkylation sites (tertiary alicyclic amines) is 1. The average molecular weight is 275 g/mol. The number of amides is 2. The van der Waals surface area contributed by atoms with Crippen LogP contribution in [0.25, 0.3) is 0 Å². The van der Waals surface area contributed by atoms with Gasteiger partial charge in [-0.1, -0.05) is 25.0 Å². The Balaban J connectivity index is 2.08. The molecule has 1 aromatic rings. The number of imide groups is 1. The molecule has 3 rings (SSSR count). The van der Waals surface area contributed by atoms with Crippen LogP contribution >= 0.6 is 0 Å².